The van der Waals surface area contributed by atoms with Gasteiger partial charge >= 0.3 is 0 Å². The van der Waals surface area contributed by atoms with Crippen molar-refractivity contribution >= 4 is 40.6 Å². The van der Waals surface area contributed by atoms with E-state index in [1.807, 2.05) is 0 Å². The number of halogens is 1. The van der Waals surface area contributed by atoms with Crippen LogP contribution in [0.5, 0.6) is 11.5 Å². The quantitative estimate of drug-likeness (QED) is 0.240. The van der Waals surface area contributed by atoms with Gasteiger partial charge < -0.3 is 31.2 Å². The number of carbonyl (C=O) groups is 2. The highest BCUT2D eigenvalue weighted by Gasteiger charge is 2.20. The van der Waals surface area contributed by atoms with E-state index in [4.69, 9.17) is 15.2 Å². The van der Waals surface area contributed by atoms with Gasteiger partial charge in [-0.25, -0.2) is 9.37 Å². The van der Waals surface area contributed by atoms with Crippen LogP contribution in [0.4, 0.5) is 27.5 Å². The molecule has 2 heterocycles. The van der Waals surface area contributed by atoms with E-state index in [1.54, 1.807) is 34.9 Å². The van der Waals surface area contributed by atoms with Crippen LogP contribution in [0.25, 0.3) is 5.65 Å². The number of fused-ring (bicyclic) bond motifs is 1. The Kier molecular flexibility index (Phi) is 7.19. The van der Waals surface area contributed by atoms with Crippen molar-refractivity contribution in [2.75, 3.05) is 30.2 Å². The van der Waals surface area contributed by atoms with E-state index < -0.39 is 17.6 Å². The van der Waals surface area contributed by atoms with E-state index in [1.165, 1.54) is 32.5 Å². The first-order chi connectivity index (χ1) is 17.8. The third-order valence-corrected chi connectivity index (χ3v) is 5.33. The van der Waals surface area contributed by atoms with Crippen molar-refractivity contribution in [2.45, 2.75) is 6.54 Å². The first-order valence-corrected chi connectivity index (χ1v) is 11.0. The van der Waals surface area contributed by atoms with Crippen LogP contribution >= 0.6 is 0 Å². The summed E-state index contributed by atoms with van der Waals surface area (Å²) in [6, 6.07) is 9.41. The molecule has 5 N–H and O–H groups in total. The molecule has 2 aromatic carbocycles. The number of hydrogen-bond acceptors (Lipinski definition) is 8. The minimum Gasteiger partial charge on any atom is -0.497 e. The van der Waals surface area contributed by atoms with Gasteiger partial charge in [0.1, 0.15) is 22.9 Å². The first kappa shape index (κ1) is 25.0. The van der Waals surface area contributed by atoms with E-state index in [0.717, 1.165) is 6.08 Å². The highest BCUT2D eigenvalue weighted by atomic mass is 19.1. The number of imidazole rings is 1. The molecular weight excluding hydrogens is 481 g/mol. The Labute approximate surface area is 211 Å². The molecule has 37 heavy (non-hydrogen) atoms. The topological polar surface area (TPSA) is 145 Å². The number of carbonyl (C=O) groups excluding carboxylic acids is 2. The van der Waals surface area contributed by atoms with Gasteiger partial charge in [0.25, 0.3) is 5.91 Å². The van der Waals surface area contributed by atoms with Crippen LogP contribution < -0.4 is 31.2 Å². The lowest BCUT2D eigenvalue weighted by Gasteiger charge is -2.16. The zero-order chi connectivity index (χ0) is 26.5. The van der Waals surface area contributed by atoms with Crippen LogP contribution in [0.3, 0.4) is 0 Å². The highest BCUT2D eigenvalue weighted by molar-refractivity contribution is 6.04. The predicted octanol–water partition coefficient (Wildman–Crippen LogP) is 3.46. The van der Waals surface area contributed by atoms with Gasteiger partial charge in [-0.2, -0.15) is 4.98 Å². The maximum atomic E-state index is 14.1. The summed E-state index contributed by atoms with van der Waals surface area (Å²) in [5, 5.41) is 8.68. The van der Waals surface area contributed by atoms with Gasteiger partial charge in [0.15, 0.2) is 11.5 Å². The normalized spacial score (nSPS) is 10.6. The number of aromatic nitrogens is 3. The van der Waals surface area contributed by atoms with Crippen LogP contribution in [0.15, 0.2) is 61.4 Å². The van der Waals surface area contributed by atoms with Crippen LogP contribution in [0.2, 0.25) is 0 Å². The summed E-state index contributed by atoms with van der Waals surface area (Å²) in [4.78, 5) is 32.8. The Morgan fingerprint density at radius 1 is 1.16 bits per heavy atom. The standard InChI is InChI=1S/C25H24FN7O4/c1-4-20(34)31-19-9-14(5-6-18(19)26)13-29-25-32-23(21(22(27)35)24-28-7-8-33(24)25)30-15-10-16(36-2)12-17(11-15)37-3/h4-12,30H,1,13H2,2-3H3,(H2,27,35)(H,29,32)(H,31,34). The number of nitrogens with two attached hydrogens (primary N) is 1. The smallest absolute Gasteiger partial charge is 0.256 e. The predicted molar refractivity (Wildman–Crippen MR) is 137 cm³/mol. The Bertz CT molecular complexity index is 1480. The first-order valence-electron chi connectivity index (χ1n) is 11.0. The molecular formula is C25H24FN7O4. The van der Waals surface area contributed by atoms with E-state index in [-0.39, 0.29) is 29.3 Å². The number of ether oxygens (including phenoxy) is 2. The molecule has 0 saturated heterocycles. The second-order valence-electron chi connectivity index (χ2n) is 7.73. The third kappa shape index (κ3) is 5.42. The lowest BCUT2D eigenvalue weighted by molar-refractivity contribution is -0.111. The fourth-order valence-corrected chi connectivity index (χ4v) is 3.58. The molecule has 0 saturated carbocycles. The molecule has 11 nitrogen and oxygen atoms in total. The number of anilines is 4. The summed E-state index contributed by atoms with van der Waals surface area (Å²) in [5.41, 5.74) is 7.25. The largest absolute Gasteiger partial charge is 0.497 e. The van der Waals surface area contributed by atoms with Crippen LogP contribution in [0.1, 0.15) is 15.9 Å². The number of hydrogen-bond donors (Lipinski definition) is 4. The molecule has 12 heteroatoms. The maximum absolute atomic E-state index is 14.1. The van der Waals surface area contributed by atoms with E-state index in [2.05, 4.69) is 32.5 Å². The summed E-state index contributed by atoms with van der Waals surface area (Å²) >= 11 is 0. The SMILES string of the molecule is C=CC(=O)Nc1cc(CNc2nc(Nc3cc(OC)cc(OC)c3)c(C(N)=O)c3nccn23)ccc1F. The van der Waals surface area contributed by atoms with Crippen LogP contribution in [-0.4, -0.2) is 40.4 Å². The summed E-state index contributed by atoms with van der Waals surface area (Å²) in [6.07, 6.45) is 4.18. The molecule has 0 unspecified atom stereocenters. The monoisotopic (exact) mass is 505 g/mol. The lowest BCUT2D eigenvalue weighted by Crippen LogP contribution is -2.18. The molecule has 0 fully saturated rings. The zero-order valence-corrected chi connectivity index (χ0v) is 20.0. The summed E-state index contributed by atoms with van der Waals surface area (Å²) < 4.78 is 26.3. The van der Waals surface area contributed by atoms with Gasteiger partial charge in [-0.15, -0.1) is 0 Å². The molecule has 0 spiro atoms. The number of nitrogens with one attached hydrogen (secondary N) is 3. The molecule has 2 amide bonds. The maximum Gasteiger partial charge on any atom is 0.256 e. The van der Waals surface area contributed by atoms with Gasteiger partial charge in [-0.1, -0.05) is 12.6 Å². The number of benzene rings is 2. The lowest BCUT2D eigenvalue weighted by atomic mass is 10.2. The van der Waals surface area contributed by atoms with Crippen LogP contribution in [0, 0.1) is 5.82 Å². The van der Waals surface area contributed by atoms with Crippen molar-refractivity contribution in [3.63, 3.8) is 0 Å². The van der Waals surface area contributed by atoms with Crippen molar-refractivity contribution < 1.29 is 23.5 Å². The van der Waals surface area contributed by atoms with Crippen molar-refractivity contribution in [3.05, 3.63) is 78.4 Å². The van der Waals surface area contributed by atoms with Gasteiger partial charge in [0.2, 0.25) is 11.9 Å². The van der Waals surface area contributed by atoms with E-state index in [0.29, 0.717) is 28.7 Å². The van der Waals surface area contributed by atoms with Crippen molar-refractivity contribution in [2.24, 2.45) is 5.73 Å². The van der Waals surface area contributed by atoms with Crippen molar-refractivity contribution in [3.8, 4) is 11.5 Å². The van der Waals surface area contributed by atoms with Gasteiger partial charge in [-0.3, -0.25) is 14.0 Å². The van der Waals surface area contributed by atoms with Crippen molar-refractivity contribution in [1.82, 2.24) is 14.4 Å². The second-order valence-corrected chi connectivity index (χ2v) is 7.73. The van der Waals surface area contributed by atoms with Gasteiger partial charge in [0.05, 0.1) is 19.9 Å². The fraction of sp³-hybridized carbons (Fsp3) is 0.120. The molecule has 4 aromatic rings. The highest BCUT2D eigenvalue weighted by Crippen LogP contribution is 2.30. The molecule has 0 aliphatic rings. The fourth-order valence-electron chi connectivity index (χ4n) is 3.58. The number of rotatable bonds is 10. The average molecular weight is 506 g/mol. The van der Waals surface area contributed by atoms with Crippen molar-refractivity contribution in [1.29, 1.82) is 0 Å². The number of amides is 2. The van der Waals surface area contributed by atoms with Gasteiger partial charge in [-0.05, 0) is 23.8 Å². The molecule has 0 atom stereocenters. The molecule has 0 bridgehead atoms. The number of primary amides is 1. The third-order valence-electron chi connectivity index (χ3n) is 5.33. The molecule has 0 aliphatic heterocycles. The summed E-state index contributed by atoms with van der Waals surface area (Å²) in [6.45, 7) is 3.58. The van der Waals surface area contributed by atoms with E-state index >= 15 is 0 Å². The Morgan fingerprint density at radius 2 is 1.89 bits per heavy atom. The Morgan fingerprint density at radius 3 is 2.54 bits per heavy atom. The second kappa shape index (κ2) is 10.6. The molecule has 0 aliphatic carbocycles. The number of nitrogens with zero attached hydrogens (tertiary/aromatic N) is 3. The average Bonchev–Trinajstić information content (AvgIpc) is 3.38. The van der Waals surface area contributed by atoms with Crippen LogP contribution in [-0.2, 0) is 11.3 Å². The molecule has 190 valence electrons. The van der Waals surface area contributed by atoms with Gasteiger partial charge in [0, 0.05) is 42.8 Å². The minimum atomic E-state index is -0.728. The number of methoxy groups -OCH3 is 2. The molecule has 0 radical (unpaired) electrons. The summed E-state index contributed by atoms with van der Waals surface area (Å²) in [7, 11) is 3.04. The Balaban J connectivity index is 1.70. The molecule has 4 rings (SSSR count). The Hall–Kier alpha value is -5.13. The summed E-state index contributed by atoms with van der Waals surface area (Å²) in [5.74, 6) is -0.304. The molecule has 2 aromatic heterocycles. The minimum absolute atomic E-state index is 0.0170. The zero-order valence-electron chi connectivity index (χ0n) is 20.0. The van der Waals surface area contributed by atoms with E-state index in [9.17, 15) is 14.0 Å².